The molecule has 0 aliphatic heterocycles. The summed E-state index contributed by atoms with van der Waals surface area (Å²) in [6.07, 6.45) is 3.29. The molecule has 0 bridgehead atoms. The highest BCUT2D eigenvalue weighted by molar-refractivity contribution is 6.08. The van der Waals surface area contributed by atoms with Crippen LogP contribution < -0.4 is 5.32 Å². The number of pyridine rings is 1. The van der Waals surface area contributed by atoms with Crippen molar-refractivity contribution < 1.29 is 4.79 Å². The third-order valence-electron chi connectivity index (χ3n) is 3.62. The molecule has 0 fully saturated rings. The van der Waals surface area contributed by atoms with Gasteiger partial charge in [-0.25, -0.2) is 4.98 Å². The number of aromatic nitrogens is 3. The van der Waals surface area contributed by atoms with Crippen LogP contribution in [0.15, 0.2) is 42.7 Å². The predicted octanol–water partition coefficient (Wildman–Crippen LogP) is 3.51. The molecule has 0 spiro atoms. The molecule has 2 N–H and O–H groups in total. The Bertz CT molecular complexity index is 813. The summed E-state index contributed by atoms with van der Waals surface area (Å²) in [6, 6.07) is 9.45. The number of aromatic amines is 1. The summed E-state index contributed by atoms with van der Waals surface area (Å²) in [7, 11) is 0. The number of H-pyrrole nitrogens is 1. The molecule has 0 saturated carbocycles. The van der Waals surface area contributed by atoms with Gasteiger partial charge in [0.1, 0.15) is 0 Å². The molecule has 1 amide bonds. The SMILES string of the molecule is CC(C)(C)c1ccc(C(=O)Nc2ccnc3[nH]ncc23)cc1. The van der Waals surface area contributed by atoms with Crippen LogP contribution in [0.2, 0.25) is 0 Å². The number of nitrogens with zero attached hydrogens (tertiary/aromatic N) is 2. The lowest BCUT2D eigenvalue weighted by Crippen LogP contribution is -2.14. The zero-order valence-corrected chi connectivity index (χ0v) is 12.8. The lowest BCUT2D eigenvalue weighted by molar-refractivity contribution is 0.102. The van der Waals surface area contributed by atoms with Crippen LogP contribution in [0.5, 0.6) is 0 Å². The predicted molar refractivity (Wildman–Crippen MR) is 87.0 cm³/mol. The van der Waals surface area contributed by atoms with Gasteiger partial charge < -0.3 is 5.32 Å². The first-order valence-electron chi connectivity index (χ1n) is 7.15. The highest BCUT2D eigenvalue weighted by Gasteiger charge is 2.15. The van der Waals surface area contributed by atoms with Gasteiger partial charge in [0.2, 0.25) is 0 Å². The van der Waals surface area contributed by atoms with E-state index in [1.54, 1.807) is 18.5 Å². The Balaban J connectivity index is 1.84. The van der Waals surface area contributed by atoms with Gasteiger partial charge in [0.05, 0.1) is 17.3 Å². The standard InChI is InChI=1S/C17H18N4O/c1-17(2,3)12-6-4-11(5-7-12)16(22)20-14-8-9-18-15-13(14)10-19-21-15/h4-10H,1-3H3,(H2,18,19,20,21,22). The van der Waals surface area contributed by atoms with E-state index in [4.69, 9.17) is 0 Å². The van der Waals surface area contributed by atoms with Crippen molar-refractivity contribution in [1.29, 1.82) is 0 Å². The second-order valence-corrected chi connectivity index (χ2v) is 6.27. The Morgan fingerprint density at radius 3 is 2.55 bits per heavy atom. The smallest absolute Gasteiger partial charge is 0.255 e. The fourth-order valence-corrected chi connectivity index (χ4v) is 2.28. The Labute approximate surface area is 128 Å². The number of nitrogens with one attached hydrogen (secondary N) is 2. The topological polar surface area (TPSA) is 70.7 Å². The van der Waals surface area contributed by atoms with Gasteiger partial charge in [-0.3, -0.25) is 9.89 Å². The summed E-state index contributed by atoms with van der Waals surface area (Å²) in [5, 5.41) is 10.4. The molecule has 0 saturated heterocycles. The van der Waals surface area contributed by atoms with E-state index in [1.165, 1.54) is 5.56 Å². The number of anilines is 1. The minimum atomic E-state index is -0.144. The maximum absolute atomic E-state index is 12.4. The third-order valence-corrected chi connectivity index (χ3v) is 3.62. The van der Waals surface area contributed by atoms with Gasteiger partial charge in [0.15, 0.2) is 5.65 Å². The zero-order chi connectivity index (χ0) is 15.7. The summed E-state index contributed by atoms with van der Waals surface area (Å²) in [5.41, 5.74) is 3.25. The molecule has 22 heavy (non-hydrogen) atoms. The van der Waals surface area contributed by atoms with Crippen LogP contribution >= 0.6 is 0 Å². The van der Waals surface area contributed by atoms with Crippen LogP contribution in [-0.4, -0.2) is 21.1 Å². The average Bonchev–Trinajstić information content (AvgIpc) is 2.96. The average molecular weight is 294 g/mol. The number of benzene rings is 1. The highest BCUT2D eigenvalue weighted by atomic mass is 16.1. The summed E-state index contributed by atoms with van der Waals surface area (Å²) >= 11 is 0. The first kappa shape index (κ1) is 14.3. The molecule has 3 rings (SSSR count). The monoisotopic (exact) mass is 294 g/mol. The van der Waals surface area contributed by atoms with Crippen molar-refractivity contribution in [3.8, 4) is 0 Å². The first-order valence-corrected chi connectivity index (χ1v) is 7.15. The Hall–Kier alpha value is -2.69. The van der Waals surface area contributed by atoms with E-state index in [0.717, 1.165) is 5.39 Å². The van der Waals surface area contributed by atoms with Crippen LogP contribution in [0.4, 0.5) is 5.69 Å². The van der Waals surface area contributed by atoms with Crippen molar-refractivity contribution in [2.24, 2.45) is 0 Å². The van der Waals surface area contributed by atoms with Crippen molar-refractivity contribution in [1.82, 2.24) is 15.2 Å². The number of fused-ring (bicyclic) bond motifs is 1. The number of hydrogen-bond acceptors (Lipinski definition) is 3. The van der Waals surface area contributed by atoms with E-state index in [1.807, 2.05) is 24.3 Å². The van der Waals surface area contributed by atoms with Crippen LogP contribution in [0, 0.1) is 0 Å². The summed E-state index contributed by atoms with van der Waals surface area (Å²) < 4.78 is 0. The fourth-order valence-electron chi connectivity index (χ4n) is 2.28. The van der Waals surface area contributed by atoms with Gasteiger partial charge in [-0.2, -0.15) is 5.10 Å². The van der Waals surface area contributed by atoms with Crippen LogP contribution in [0.3, 0.4) is 0 Å². The molecular formula is C17H18N4O. The number of amides is 1. The Morgan fingerprint density at radius 2 is 1.86 bits per heavy atom. The second kappa shape index (κ2) is 5.26. The lowest BCUT2D eigenvalue weighted by Gasteiger charge is -2.19. The van der Waals surface area contributed by atoms with Gasteiger partial charge in [-0.05, 0) is 29.2 Å². The molecule has 5 heteroatoms. The lowest BCUT2D eigenvalue weighted by atomic mass is 9.87. The molecule has 0 radical (unpaired) electrons. The maximum atomic E-state index is 12.4. The Kier molecular flexibility index (Phi) is 3.41. The normalized spacial score (nSPS) is 11.6. The highest BCUT2D eigenvalue weighted by Crippen LogP contribution is 2.23. The molecule has 0 atom stereocenters. The van der Waals surface area contributed by atoms with Crippen LogP contribution in [0.1, 0.15) is 36.7 Å². The van der Waals surface area contributed by atoms with E-state index in [-0.39, 0.29) is 11.3 Å². The summed E-state index contributed by atoms with van der Waals surface area (Å²) in [5.74, 6) is -0.144. The van der Waals surface area contributed by atoms with Crippen molar-refractivity contribution in [3.63, 3.8) is 0 Å². The first-order chi connectivity index (χ1) is 10.4. The summed E-state index contributed by atoms with van der Waals surface area (Å²) in [6.45, 7) is 6.44. The number of rotatable bonds is 2. The quantitative estimate of drug-likeness (QED) is 0.760. The number of carbonyl (C=O) groups is 1. The molecular weight excluding hydrogens is 276 g/mol. The largest absolute Gasteiger partial charge is 0.321 e. The molecule has 0 unspecified atom stereocenters. The van der Waals surface area contributed by atoms with E-state index in [9.17, 15) is 4.79 Å². The molecule has 2 aromatic heterocycles. The van der Waals surface area contributed by atoms with Gasteiger partial charge in [-0.15, -0.1) is 0 Å². The van der Waals surface area contributed by atoms with E-state index in [2.05, 4.69) is 41.3 Å². The Morgan fingerprint density at radius 1 is 1.14 bits per heavy atom. The van der Waals surface area contributed by atoms with Crippen molar-refractivity contribution in [2.45, 2.75) is 26.2 Å². The summed E-state index contributed by atoms with van der Waals surface area (Å²) in [4.78, 5) is 16.5. The molecule has 0 aliphatic rings. The van der Waals surface area contributed by atoms with Crippen molar-refractivity contribution in [2.75, 3.05) is 5.32 Å². The zero-order valence-electron chi connectivity index (χ0n) is 12.8. The van der Waals surface area contributed by atoms with Gasteiger partial charge in [0, 0.05) is 11.8 Å². The molecule has 0 aliphatic carbocycles. The van der Waals surface area contributed by atoms with Crippen molar-refractivity contribution >= 4 is 22.6 Å². The molecule has 5 nitrogen and oxygen atoms in total. The third kappa shape index (κ3) is 2.70. The van der Waals surface area contributed by atoms with E-state index >= 15 is 0 Å². The number of carbonyl (C=O) groups excluding carboxylic acids is 1. The molecule has 1 aromatic carbocycles. The van der Waals surface area contributed by atoms with Crippen LogP contribution in [-0.2, 0) is 5.41 Å². The molecule has 2 heterocycles. The maximum Gasteiger partial charge on any atom is 0.255 e. The van der Waals surface area contributed by atoms with Crippen LogP contribution in [0.25, 0.3) is 11.0 Å². The van der Waals surface area contributed by atoms with Gasteiger partial charge >= 0.3 is 0 Å². The molecule has 112 valence electrons. The van der Waals surface area contributed by atoms with E-state index < -0.39 is 0 Å². The minimum absolute atomic E-state index is 0.0725. The van der Waals surface area contributed by atoms with E-state index in [0.29, 0.717) is 16.9 Å². The molecule has 3 aromatic rings. The second-order valence-electron chi connectivity index (χ2n) is 6.27. The minimum Gasteiger partial charge on any atom is -0.321 e. The van der Waals surface area contributed by atoms with Gasteiger partial charge in [-0.1, -0.05) is 32.9 Å². The van der Waals surface area contributed by atoms with Gasteiger partial charge in [0.25, 0.3) is 5.91 Å². The van der Waals surface area contributed by atoms with Crippen molar-refractivity contribution in [3.05, 3.63) is 53.9 Å². The fraction of sp³-hybridized carbons (Fsp3) is 0.235. The number of hydrogen-bond donors (Lipinski definition) is 2.